The minimum absolute atomic E-state index is 0.255. The molecule has 0 radical (unpaired) electrons. The monoisotopic (exact) mass is 374 g/mol. The molecule has 1 fully saturated rings. The van der Waals surface area contributed by atoms with Crippen molar-refractivity contribution >= 4 is 17.5 Å². The van der Waals surface area contributed by atoms with Crippen molar-refractivity contribution < 1.29 is 4.74 Å². The van der Waals surface area contributed by atoms with Gasteiger partial charge in [0.15, 0.2) is 0 Å². The van der Waals surface area contributed by atoms with Crippen LogP contribution in [0.5, 0.6) is 0 Å². The standard InChI is InChI=1S/C23H26N4O/c1-16-8-6-9-17(2)22(16)27-23-25-20(18-10-4-3-5-11-18)14-21(26-23)24-15-19-12-7-13-28-19/h3-6,8-11,14,19H,7,12-13,15H2,1-2H3,(H2,24,25,26,27). The number of ether oxygens (including phenoxy) is 1. The molecular weight excluding hydrogens is 348 g/mol. The molecule has 2 heterocycles. The number of hydrogen-bond acceptors (Lipinski definition) is 5. The highest BCUT2D eigenvalue weighted by atomic mass is 16.5. The second-order valence-corrected chi connectivity index (χ2v) is 7.24. The molecule has 2 aromatic carbocycles. The van der Waals surface area contributed by atoms with Gasteiger partial charge in [-0.25, -0.2) is 4.98 Å². The summed E-state index contributed by atoms with van der Waals surface area (Å²) in [5, 5.41) is 6.86. The Labute approximate surface area is 166 Å². The first-order chi connectivity index (χ1) is 13.7. The number of benzene rings is 2. The quantitative estimate of drug-likeness (QED) is 0.629. The minimum atomic E-state index is 0.255. The average molecular weight is 374 g/mol. The lowest BCUT2D eigenvalue weighted by atomic mass is 10.1. The van der Waals surface area contributed by atoms with Gasteiger partial charge in [-0.05, 0) is 37.8 Å². The molecule has 0 amide bonds. The van der Waals surface area contributed by atoms with Gasteiger partial charge < -0.3 is 15.4 Å². The number of rotatable bonds is 6. The van der Waals surface area contributed by atoms with E-state index in [-0.39, 0.29) is 6.10 Å². The molecule has 1 saturated heterocycles. The van der Waals surface area contributed by atoms with E-state index in [2.05, 4.69) is 54.8 Å². The van der Waals surface area contributed by atoms with Crippen LogP contribution in [0.15, 0.2) is 54.6 Å². The Hall–Kier alpha value is -2.92. The van der Waals surface area contributed by atoms with Crippen LogP contribution in [0.3, 0.4) is 0 Å². The Morgan fingerprint density at radius 2 is 1.79 bits per heavy atom. The lowest BCUT2D eigenvalue weighted by Crippen LogP contribution is -2.19. The zero-order valence-corrected chi connectivity index (χ0v) is 16.4. The first-order valence-electron chi connectivity index (χ1n) is 9.82. The summed E-state index contributed by atoms with van der Waals surface area (Å²) in [6, 6.07) is 18.4. The summed E-state index contributed by atoms with van der Waals surface area (Å²) in [6.07, 6.45) is 2.48. The fourth-order valence-electron chi connectivity index (χ4n) is 3.50. The average Bonchev–Trinajstić information content (AvgIpc) is 3.24. The van der Waals surface area contributed by atoms with E-state index in [0.717, 1.165) is 48.8 Å². The SMILES string of the molecule is Cc1cccc(C)c1Nc1nc(NCC2CCCO2)cc(-c2ccccc2)n1. The Bertz CT molecular complexity index is 916. The zero-order valence-electron chi connectivity index (χ0n) is 16.4. The summed E-state index contributed by atoms with van der Waals surface area (Å²) >= 11 is 0. The highest BCUT2D eigenvalue weighted by Gasteiger charge is 2.16. The highest BCUT2D eigenvalue weighted by molar-refractivity contribution is 5.68. The van der Waals surface area contributed by atoms with Crippen LogP contribution in [0.4, 0.5) is 17.5 Å². The number of para-hydroxylation sites is 1. The summed E-state index contributed by atoms with van der Waals surface area (Å²) in [5.74, 6) is 1.40. The molecule has 1 aliphatic heterocycles. The van der Waals surface area contributed by atoms with Crippen LogP contribution in [0, 0.1) is 13.8 Å². The summed E-state index contributed by atoms with van der Waals surface area (Å²) in [4.78, 5) is 9.48. The zero-order chi connectivity index (χ0) is 19.3. The van der Waals surface area contributed by atoms with E-state index >= 15 is 0 Å². The number of nitrogens with zero attached hydrogens (tertiary/aromatic N) is 2. The molecule has 0 spiro atoms. The van der Waals surface area contributed by atoms with Gasteiger partial charge in [0.25, 0.3) is 0 Å². The van der Waals surface area contributed by atoms with Gasteiger partial charge >= 0.3 is 0 Å². The predicted molar refractivity (Wildman–Crippen MR) is 114 cm³/mol. The second-order valence-electron chi connectivity index (χ2n) is 7.24. The van der Waals surface area contributed by atoms with E-state index in [1.54, 1.807) is 0 Å². The Kier molecular flexibility index (Phi) is 5.53. The topological polar surface area (TPSA) is 59.1 Å². The van der Waals surface area contributed by atoms with Gasteiger partial charge in [-0.3, -0.25) is 0 Å². The van der Waals surface area contributed by atoms with Crippen molar-refractivity contribution in [1.82, 2.24) is 9.97 Å². The Morgan fingerprint density at radius 3 is 2.50 bits per heavy atom. The molecule has 28 heavy (non-hydrogen) atoms. The molecule has 1 aliphatic rings. The van der Waals surface area contributed by atoms with Gasteiger partial charge in [0.1, 0.15) is 5.82 Å². The first kappa shape index (κ1) is 18.4. The molecule has 5 heteroatoms. The maximum absolute atomic E-state index is 5.73. The number of anilines is 3. The van der Waals surface area contributed by atoms with Gasteiger partial charge in [-0.1, -0.05) is 48.5 Å². The van der Waals surface area contributed by atoms with Crippen molar-refractivity contribution in [2.24, 2.45) is 0 Å². The number of aryl methyl sites for hydroxylation is 2. The van der Waals surface area contributed by atoms with Gasteiger partial charge in [0.2, 0.25) is 5.95 Å². The van der Waals surface area contributed by atoms with Crippen molar-refractivity contribution in [2.45, 2.75) is 32.8 Å². The minimum Gasteiger partial charge on any atom is -0.376 e. The molecule has 1 unspecified atom stereocenters. The van der Waals surface area contributed by atoms with E-state index in [1.807, 2.05) is 24.3 Å². The molecule has 0 aliphatic carbocycles. The van der Waals surface area contributed by atoms with Crippen molar-refractivity contribution in [3.63, 3.8) is 0 Å². The maximum Gasteiger partial charge on any atom is 0.229 e. The smallest absolute Gasteiger partial charge is 0.229 e. The molecule has 1 aromatic heterocycles. The number of nitrogens with one attached hydrogen (secondary N) is 2. The summed E-state index contributed by atoms with van der Waals surface area (Å²) in [5.41, 5.74) is 5.34. The molecule has 1 atom stereocenters. The van der Waals surface area contributed by atoms with E-state index in [9.17, 15) is 0 Å². The third kappa shape index (κ3) is 4.31. The Morgan fingerprint density at radius 1 is 1.00 bits per heavy atom. The van der Waals surface area contributed by atoms with Crippen molar-refractivity contribution in [1.29, 1.82) is 0 Å². The van der Waals surface area contributed by atoms with Gasteiger partial charge in [0.05, 0.1) is 11.8 Å². The second kappa shape index (κ2) is 8.40. The maximum atomic E-state index is 5.73. The molecular formula is C23H26N4O. The largest absolute Gasteiger partial charge is 0.376 e. The molecule has 5 nitrogen and oxygen atoms in total. The van der Waals surface area contributed by atoms with Crippen molar-refractivity contribution in [2.75, 3.05) is 23.8 Å². The van der Waals surface area contributed by atoms with Crippen LogP contribution >= 0.6 is 0 Å². The lowest BCUT2D eigenvalue weighted by Gasteiger charge is -2.15. The molecule has 0 bridgehead atoms. The fourth-order valence-corrected chi connectivity index (χ4v) is 3.50. The van der Waals surface area contributed by atoms with Gasteiger partial charge in [-0.2, -0.15) is 4.98 Å². The summed E-state index contributed by atoms with van der Waals surface area (Å²) in [7, 11) is 0. The summed E-state index contributed by atoms with van der Waals surface area (Å²) < 4.78 is 5.73. The lowest BCUT2D eigenvalue weighted by molar-refractivity contribution is 0.120. The van der Waals surface area contributed by atoms with Gasteiger partial charge in [-0.15, -0.1) is 0 Å². The van der Waals surface area contributed by atoms with Gasteiger partial charge in [0, 0.05) is 30.5 Å². The third-order valence-electron chi connectivity index (χ3n) is 5.05. The van der Waals surface area contributed by atoms with Crippen LogP contribution in [0.25, 0.3) is 11.3 Å². The molecule has 3 aromatic rings. The molecule has 144 valence electrons. The van der Waals surface area contributed by atoms with Crippen LogP contribution in [0.1, 0.15) is 24.0 Å². The van der Waals surface area contributed by atoms with Crippen LogP contribution in [0.2, 0.25) is 0 Å². The number of hydrogen-bond donors (Lipinski definition) is 2. The van der Waals surface area contributed by atoms with Crippen LogP contribution in [-0.4, -0.2) is 29.2 Å². The molecule has 4 rings (SSSR count). The van der Waals surface area contributed by atoms with E-state index in [4.69, 9.17) is 14.7 Å². The first-order valence-corrected chi connectivity index (χ1v) is 9.82. The Balaban J connectivity index is 1.65. The molecule has 2 N–H and O–H groups in total. The third-order valence-corrected chi connectivity index (χ3v) is 5.05. The molecule has 0 saturated carbocycles. The van der Waals surface area contributed by atoms with Crippen LogP contribution in [-0.2, 0) is 4.74 Å². The van der Waals surface area contributed by atoms with E-state index < -0.39 is 0 Å². The van der Waals surface area contributed by atoms with E-state index in [0.29, 0.717) is 5.95 Å². The normalized spacial score (nSPS) is 16.1. The van der Waals surface area contributed by atoms with Crippen molar-refractivity contribution in [3.8, 4) is 11.3 Å². The highest BCUT2D eigenvalue weighted by Crippen LogP contribution is 2.26. The van der Waals surface area contributed by atoms with Crippen molar-refractivity contribution in [3.05, 3.63) is 65.7 Å². The van der Waals surface area contributed by atoms with E-state index in [1.165, 1.54) is 11.1 Å². The van der Waals surface area contributed by atoms with Crippen LogP contribution < -0.4 is 10.6 Å². The predicted octanol–water partition coefficient (Wildman–Crippen LogP) is 5.09. The summed E-state index contributed by atoms with van der Waals surface area (Å²) in [6.45, 7) is 5.79. The number of aromatic nitrogens is 2. The fraction of sp³-hybridized carbons (Fsp3) is 0.304.